The second-order valence-electron chi connectivity index (χ2n) is 5.71. The Morgan fingerprint density at radius 1 is 1.40 bits per heavy atom. The highest BCUT2D eigenvalue weighted by Crippen LogP contribution is 2.31. The van der Waals surface area contributed by atoms with Crippen molar-refractivity contribution in [2.24, 2.45) is 16.3 Å². The number of likely N-dealkylation sites (tertiary alicyclic amines) is 1. The van der Waals surface area contributed by atoms with Crippen LogP contribution in [0.15, 0.2) is 29.4 Å². The minimum Gasteiger partial charge on any atom is -0.409 e. The lowest BCUT2D eigenvalue weighted by molar-refractivity contribution is 0.0666. The van der Waals surface area contributed by atoms with Crippen LogP contribution in [0.3, 0.4) is 0 Å². The van der Waals surface area contributed by atoms with Gasteiger partial charge < -0.3 is 15.8 Å². The molecule has 1 amide bonds. The largest absolute Gasteiger partial charge is 0.409 e. The van der Waals surface area contributed by atoms with Crippen molar-refractivity contribution in [1.82, 2.24) is 4.90 Å². The van der Waals surface area contributed by atoms with Gasteiger partial charge >= 0.3 is 0 Å². The van der Waals surface area contributed by atoms with E-state index in [1.165, 1.54) is 0 Å². The quantitative estimate of drug-likeness (QED) is 0.375. The monoisotopic (exact) mass is 275 g/mol. The number of nitrogens with zero attached hydrogens (tertiary/aromatic N) is 2. The van der Waals surface area contributed by atoms with E-state index in [9.17, 15) is 4.79 Å². The average molecular weight is 275 g/mol. The molecule has 1 heterocycles. The van der Waals surface area contributed by atoms with Crippen molar-refractivity contribution in [3.05, 3.63) is 35.4 Å². The number of oxime groups is 1. The molecule has 1 aromatic carbocycles. The summed E-state index contributed by atoms with van der Waals surface area (Å²) in [5.41, 5.74) is 7.21. The van der Waals surface area contributed by atoms with Crippen LogP contribution < -0.4 is 5.73 Å². The number of piperidine rings is 1. The summed E-state index contributed by atoms with van der Waals surface area (Å²) in [4.78, 5) is 14.3. The molecular weight excluding hydrogens is 254 g/mol. The number of hydrogen-bond donors (Lipinski definition) is 2. The van der Waals surface area contributed by atoms with Crippen molar-refractivity contribution < 1.29 is 10.0 Å². The lowest BCUT2D eigenvalue weighted by atomic mass is 9.79. The Labute approximate surface area is 119 Å². The van der Waals surface area contributed by atoms with Crippen molar-refractivity contribution in [2.45, 2.75) is 26.7 Å². The highest BCUT2D eigenvalue weighted by Gasteiger charge is 2.35. The molecule has 0 radical (unpaired) electrons. The van der Waals surface area contributed by atoms with E-state index >= 15 is 0 Å². The Morgan fingerprint density at radius 2 is 2.05 bits per heavy atom. The first-order valence-electron chi connectivity index (χ1n) is 6.80. The van der Waals surface area contributed by atoms with Gasteiger partial charge in [-0.15, -0.1) is 0 Å². The molecule has 0 unspecified atom stereocenters. The van der Waals surface area contributed by atoms with Gasteiger partial charge in [0.15, 0.2) is 0 Å². The van der Waals surface area contributed by atoms with E-state index in [2.05, 4.69) is 5.16 Å². The number of hydrogen-bond acceptors (Lipinski definition) is 3. The van der Waals surface area contributed by atoms with Crippen LogP contribution in [0, 0.1) is 12.3 Å². The van der Waals surface area contributed by atoms with Crippen molar-refractivity contribution >= 4 is 11.7 Å². The average Bonchev–Trinajstić information content (AvgIpc) is 2.46. The number of amides is 1. The van der Waals surface area contributed by atoms with Crippen molar-refractivity contribution in [3.8, 4) is 0 Å². The number of aryl methyl sites for hydroxylation is 1. The number of carbonyl (C=O) groups is 1. The molecule has 1 aliphatic heterocycles. The van der Waals surface area contributed by atoms with Gasteiger partial charge in [0.2, 0.25) is 0 Å². The van der Waals surface area contributed by atoms with Crippen molar-refractivity contribution in [3.63, 3.8) is 0 Å². The van der Waals surface area contributed by atoms with Gasteiger partial charge in [-0.05, 0) is 31.9 Å². The van der Waals surface area contributed by atoms with Crippen LogP contribution in [0.25, 0.3) is 0 Å². The van der Waals surface area contributed by atoms with Crippen LogP contribution in [0.2, 0.25) is 0 Å². The zero-order chi connectivity index (χ0) is 14.8. The summed E-state index contributed by atoms with van der Waals surface area (Å²) in [7, 11) is 0. The van der Waals surface area contributed by atoms with Crippen LogP contribution in [0.1, 0.15) is 35.7 Å². The van der Waals surface area contributed by atoms with Gasteiger partial charge in [0.05, 0.1) is 0 Å². The molecule has 5 nitrogen and oxygen atoms in total. The maximum absolute atomic E-state index is 12.4. The molecule has 0 aliphatic carbocycles. The van der Waals surface area contributed by atoms with Gasteiger partial charge in [-0.3, -0.25) is 4.79 Å². The molecule has 5 heteroatoms. The fourth-order valence-corrected chi connectivity index (χ4v) is 2.54. The molecule has 0 spiro atoms. The minimum atomic E-state index is -0.321. The summed E-state index contributed by atoms with van der Waals surface area (Å²) in [6.07, 6.45) is 1.42. The molecule has 0 atom stereocenters. The molecule has 0 saturated carbocycles. The molecule has 0 aromatic heterocycles. The fourth-order valence-electron chi connectivity index (χ4n) is 2.54. The zero-order valence-corrected chi connectivity index (χ0v) is 12.0. The maximum atomic E-state index is 12.4. The van der Waals surface area contributed by atoms with E-state index in [4.69, 9.17) is 10.9 Å². The van der Waals surface area contributed by atoms with E-state index in [1.807, 2.05) is 43.0 Å². The van der Waals surface area contributed by atoms with Crippen LogP contribution >= 0.6 is 0 Å². The lowest BCUT2D eigenvalue weighted by Crippen LogP contribution is -2.47. The normalized spacial score (nSPS) is 18.9. The predicted octanol–water partition coefficient (Wildman–Crippen LogP) is 1.98. The standard InChI is InChI=1S/C15H21N3O2/c1-11-4-3-5-12(10-11)13(19)18-8-6-15(2,7-9-18)14(16)17-20/h3-5,10,20H,6-9H2,1-2H3,(H2,16,17). The topological polar surface area (TPSA) is 78.9 Å². The Bertz CT molecular complexity index is 532. The van der Waals surface area contributed by atoms with Gasteiger partial charge in [0.1, 0.15) is 5.84 Å². The van der Waals surface area contributed by atoms with E-state index in [0.29, 0.717) is 25.9 Å². The molecule has 0 bridgehead atoms. The number of rotatable bonds is 2. The van der Waals surface area contributed by atoms with Crippen LogP contribution in [-0.4, -0.2) is 34.9 Å². The fraction of sp³-hybridized carbons (Fsp3) is 0.467. The highest BCUT2D eigenvalue weighted by molar-refractivity contribution is 5.94. The second kappa shape index (κ2) is 5.53. The highest BCUT2D eigenvalue weighted by atomic mass is 16.4. The van der Waals surface area contributed by atoms with Crippen LogP contribution in [0.4, 0.5) is 0 Å². The first kappa shape index (κ1) is 14.4. The third-order valence-corrected chi connectivity index (χ3v) is 4.15. The summed E-state index contributed by atoms with van der Waals surface area (Å²) >= 11 is 0. The van der Waals surface area contributed by atoms with Crippen LogP contribution in [0.5, 0.6) is 0 Å². The molecule has 3 N–H and O–H groups in total. The summed E-state index contributed by atoms with van der Waals surface area (Å²) in [6.45, 7) is 5.19. The third-order valence-electron chi connectivity index (χ3n) is 4.15. The van der Waals surface area contributed by atoms with Gasteiger partial charge in [0.25, 0.3) is 5.91 Å². The Balaban J connectivity index is 2.06. The molecule has 1 fully saturated rings. The molecule has 1 aromatic rings. The van der Waals surface area contributed by atoms with Crippen molar-refractivity contribution in [2.75, 3.05) is 13.1 Å². The van der Waals surface area contributed by atoms with Gasteiger partial charge in [-0.2, -0.15) is 0 Å². The van der Waals surface area contributed by atoms with E-state index < -0.39 is 0 Å². The third kappa shape index (κ3) is 2.76. The number of benzene rings is 1. The summed E-state index contributed by atoms with van der Waals surface area (Å²) in [5.74, 6) is 0.301. The summed E-state index contributed by atoms with van der Waals surface area (Å²) in [5, 5.41) is 11.9. The van der Waals surface area contributed by atoms with E-state index in [0.717, 1.165) is 11.1 Å². The first-order valence-corrected chi connectivity index (χ1v) is 6.80. The number of nitrogens with two attached hydrogens (primary N) is 1. The Hall–Kier alpha value is -2.04. The van der Waals surface area contributed by atoms with Gasteiger partial charge in [0, 0.05) is 24.1 Å². The Morgan fingerprint density at radius 3 is 2.60 bits per heavy atom. The summed E-state index contributed by atoms with van der Waals surface area (Å²) in [6, 6.07) is 7.61. The van der Waals surface area contributed by atoms with E-state index in [1.54, 1.807) is 0 Å². The molecule has 2 rings (SSSR count). The molecule has 20 heavy (non-hydrogen) atoms. The van der Waals surface area contributed by atoms with Crippen LogP contribution in [-0.2, 0) is 0 Å². The lowest BCUT2D eigenvalue weighted by Gasteiger charge is -2.38. The second-order valence-corrected chi connectivity index (χ2v) is 5.71. The Kier molecular flexibility index (Phi) is 3.97. The summed E-state index contributed by atoms with van der Waals surface area (Å²) < 4.78 is 0. The zero-order valence-electron chi connectivity index (χ0n) is 12.0. The van der Waals surface area contributed by atoms with Crippen molar-refractivity contribution in [1.29, 1.82) is 0 Å². The van der Waals surface area contributed by atoms with Gasteiger partial charge in [-0.1, -0.05) is 29.8 Å². The number of amidine groups is 1. The molecule has 108 valence electrons. The maximum Gasteiger partial charge on any atom is 0.253 e. The molecular formula is C15H21N3O2. The SMILES string of the molecule is Cc1cccc(C(=O)N2CCC(C)(/C(N)=N/O)CC2)c1. The first-order chi connectivity index (χ1) is 9.46. The predicted molar refractivity (Wildman–Crippen MR) is 77.8 cm³/mol. The van der Waals surface area contributed by atoms with E-state index in [-0.39, 0.29) is 17.2 Å². The van der Waals surface area contributed by atoms with Gasteiger partial charge in [-0.25, -0.2) is 0 Å². The minimum absolute atomic E-state index is 0.0512. The molecule has 1 saturated heterocycles. The number of carbonyl (C=O) groups excluding carboxylic acids is 1. The molecule has 1 aliphatic rings. The smallest absolute Gasteiger partial charge is 0.253 e.